The summed E-state index contributed by atoms with van der Waals surface area (Å²) in [6.07, 6.45) is 0.499. The molecular weight excluding hydrogens is 316 g/mol. The summed E-state index contributed by atoms with van der Waals surface area (Å²) in [6.45, 7) is 4.11. The Morgan fingerprint density at radius 2 is 1.85 bits per heavy atom. The highest BCUT2D eigenvalue weighted by molar-refractivity contribution is 9.10. The van der Waals surface area contributed by atoms with E-state index in [1.807, 2.05) is 43.3 Å². The zero-order valence-electron chi connectivity index (χ0n) is 11.6. The summed E-state index contributed by atoms with van der Waals surface area (Å²) in [6, 6.07) is 13.6. The van der Waals surface area contributed by atoms with Crippen LogP contribution in [0, 0.1) is 13.8 Å². The molecule has 0 saturated heterocycles. The number of rotatable bonds is 4. The van der Waals surface area contributed by atoms with Crippen LogP contribution in [0.1, 0.15) is 28.2 Å². The Balaban J connectivity index is 2.33. The van der Waals surface area contributed by atoms with Gasteiger partial charge in [-0.15, -0.1) is 0 Å². The molecule has 1 N–H and O–H groups in total. The van der Waals surface area contributed by atoms with Crippen LogP contribution >= 0.6 is 15.9 Å². The second kappa shape index (κ2) is 6.23. The molecule has 20 heavy (non-hydrogen) atoms. The quantitative estimate of drug-likeness (QED) is 0.896. The average molecular weight is 333 g/mol. The molecule has 0 heterocycles. The van der Waals surface area contributed by atoms with E-state index in [1.54, 1.807) is 0 Å². The zero-order valence-corrected chi connectivity index (χ0v) is 13.1. The maximum atomic E-state index is 11.6. The van der Waals surface area contributed by atoms with Gasteiger partial charge in [0.2, 0.25) is 0 Å². The Hall–Kier alpha value is -1.61. The van der Waals surface area contributed by atoms with E-state index in [9.17, 15) is 9.90 Å². The lowest BCUT2D eigenvalue weighted by Crippen LogP contribution is -2.15. The summed E-state index contributed by atoms with van der Waals surface area (Å²) < 4.78 is 0.844. The molecule has 0 radical (unpaired) electrons. The first-order chi connectivity index (χ1) is 9.49. The predicted octanol–water partition coefficient (Wildman–Crippen LogP) is 4.48. The van der Waals surface area contributed by atoms with E-state index in [2.05, 4.69) is 28.9 Å². The van der Waals surface area contributed by atoms with Crippen molar-refractivity contribution in [2.75, 3.05) is 0 Å². The minimum absolute atomic E-state index is 0.499. The minimum atomic E-state index is -0.796. The first-order valence-corrected chi connectivity index (χ1v) is 7.31. The maximum absolute atomic E-state index is 11.6. The fraction of sp³-hybridized carbons (Fsp3) is 0.235. The molecular formula is C17H17BrO2. The fourth-order valence-electron chi connectivity index (χ4n) is 2.25. The van der Waals surface area contributed by atoms with Crippen molar-refractivity contribution in [1.82, 2.24) is 0 Å². The Morgan fingerprint density at radius 1 is 1.15 bits per heavy atom. The van der Waals surface area contributed by atoms with E-state index in [0.29, 0.717) is 6.42 Å². The van der Waals surface area contributed by atoms with Crippen LogP contribution in [0.25, 0.3) is 0 Å². The van der Waals surface area contributed by atoms with E-state index >= 15 is 0 Å². The van der Waals surface area contributed by atoms with Crippen LogP contribution in [0.5, 0.6) is 0 Å². The van der Waals surface area contributed by atoms with Gasteiger partial charge in [-0.25, -0.2) is 0 Å². The molecule has 2 aromatic carbocycles. The predicted molar refractivity (Wildman–Crippen MR) is 84.1 cm³/mol. The third-order valence-electron chi connectivity index (χ3n) is 3.59. The number of hydrogen-bond donors (Lipinski definition) is 1. The molecule has 0 aliphatic heterocycles. The van der Waals surface area contributed by atoms with Crippen LogP contribution in [0.4, 0.5) is 0 Å². The molecule has 104 valence electrons. The van der Waals surface area contributed by atoms with Crippen molar-refractivity contribution in [1.29, 1.82) is 0 Å². The molecule has 0 aromatic heterocycles. The van der Waals surface area contributed by atoms with Crippen LogP contribution in [-0.2, 0) is 11.2 Å². The Kier molecular flexibility index (Phi) is 4.61. The molecule has 0 saturated carbocycles. The maximum Gasteiger partial charge on any atom is 0.311 e. The van der Waals surface area contributed by atoms with E-state index in [0.717, 1.165) is 15.6 Å². The lowest BCUT2D eigenvalue weighted by molar-refractivity contribution is -0.138. The molecule has 0 aliphatic carbocycles. The van der Waals surface area contributed by atoms with E-state index in [1.165, 1.54) is 11.1 Å². The van der Waals surface area contributed by atoms with E-state index in [-0.39, 0.29) is 0 Å². The van der Waals surface area contributed by atoms with Crippen LogP contribution < -0.4 is 0 Å². The first kappa shape index (κ1) is 14.8. The molecule has 0 spiro atoms. The van der Waals surface area contributed by atoms with Gasteiger partial charge in [-0.3, -0.25) is 4.79 Å². The summed E-state index contributed by atoms with van der Waals surface area (Å²) >= 11 is 3.44. The third kappa shape index (κ3) is 3.28. The molecule has 1 atom stereocenters. The average Bonchev–Trinajstić information content (AvgIpc) is 2.41. The van der Waals surface area contributed by atoms with Crippen molar-refractivity contribution < 1.29 is 9.90 Å². The minimum Gasteiger partial charge on any atom is -0.481 e. The molecule has 0 amide bonds. The van der Waals surface area contributed by atoms with Crippen molar-refractivity contribution in [2.24, 2.45) is 0 Å². The Morgan fingerprint density at radius 3 is 2.45 bits per heavy atom. The zero-order chi connectivity index (χ0) is 14.7. The number of carboxylic acid groups (broad SMARTS) is 1. The number of aryl methyl sites for hydroxylation is 2. The fourth-order valence-corrected chi connectivity index (χ4v) is 2.82. The van der Waals surface area contributed by atoms with Gasteiger partial charge in [0.05, 0.1) is 5.92 Å². The molecule has 0 bridgehead atoms. The van der Waals surface area contributed by atoms with Crippen molar-refractivity contribution in [2.45, 2.75) is 26.2 Å². The lowest BCUT2D eigenvalue weighted by Gasteiger charge is -2.15. The highest BCUT2D eigenvalue weighted by Crippen LogP contribution is 2.28. The van der Waals surface area contributed by atoms with E-state index < -0.39 is 11.9 Å². The number of benzene rings is 2. The van der Waals surface area contributed by atoms with E-state index in [4.69, 9.17) is 0 Å². The summed E-state index contributed by atoms with van der Waals surface area (Å²) in [5.74, 6) is -1.33. The van der Waals surface area contributed by atoms with Crippen LogP contribution in [0.2, 0.25) is 0 Å². The number of halogens is 1. The SMILES string of the molecule is Cc1ccc(CC(C(=O)O)c2ccccc2Br)cc1C. The van der Waals surface area contributed by atoms with Crippen LogP contribution in [0.15, 0.2) is 46.9 Å². The van der Waals surface area contributed by atoms with Crippen molar-refractivity contribution in [3.05, 3.63) is 69.2 Å². The molecule has 3 heteroatoms. The van der Waals surface area contributed by atoms with Crippen LogP contribution in [0.3, 0.4) is 0 Å². The molecule has 0 fully saturated rings. The standard InChI is InChI=1S/C17H17BrO2/c1-11-7-8-13(9-12(11)2)10-15(17(19)20)14-5-3-4-6-16(14)18/h3-9,15H,10H2,1-2H3,(H,19,20). The van der Waals surface area contributed by atoms with Crippen molar-refractivity contribution >= 4 is 21.9 Å². The monoisotopic (exact) mass is 332 g/mol. The number of carboxylic acids is 1. The van der Waals surface area contributed by atoms with Crippen molar-refractivity contribution in [3.8, 4) is 0 Å². The largest absolute Gasteiger partial charge is 0.481 e. The third-order valence-corrected chi connectivity index (χ3v) is 4.31. The molecule has 2 rings (SSSR count). The Bertz CT molecular complexity index is 635. The Labute approximate surface area is 127 Å². The van der Waals surface area contributed by atoms with Gasteiger partial charge in [-0.05, 0) is 48.6 Å². The van der Waals surface area contributed by atoms with Gasteiger partial charge in [-0.1, -0.05) is 52.3 Å². The summed E-state index contributed by atoms with van der Waals surface area (Å²) in [4.78, 5) is 11.6. The molecule has 1 unspecified atom stereocenters. The van der Waals surface area contributed by atoms with Gasteiger partial charge in [0.1, 0.15) is 0 Å². The lowest BCUT2D eigenvalue weighted by atomic mass is 9.91. The van der Waals surface area contributed by atoms with Gasteiger partial charge < -0.3 is 5.11 Å². The highest BCUT2D eigenvalue weighted by Gasteiger charge is 2.22. The van der Waals surface area contributed by atoms with Crippen molar-refractivity contribution in [3.63, 3.8) is 0 Å². The van der Waals surface area contributed by atoms with Crippen LogP contribution in [-0.4, -0.2) is 11.1 Å². The topological polar surface area (TPSA) is 37.3 Å². The number of aliphatic carboxylic acids is 1. The summed E-state index contributed by atoms with van der Waals surface area (Å²) in [7, 11) is 0. The number of hydrogen-bond acceptors (Lipinski definition) is 1. The molecule has 0 aliphatic rings. The number of carbonyl (C=O) groups is 1. The van der Waals surface area contributed by atoms with Gasteiger partial charge in [0, 0.05) is 4.47 Å². The second-order valence-electron chi connectivity index (χ2n) is 5.04. The smallest absolute Gasteiger partial charge is 0.311 e. The van der Waals surface area contributed by atoms with Gasteiger partial charge in [0.15, 0.2) is 0 Å². The normalized spacial score (nSPS) is 12.2. The van der Waals surface area contributed by atoms with Gasteiger partial charge in [0.25, 0.3) is 0 Å². The second-order valence-corrected chi connectivity index (χ2v) is 5.89. The highest BCUT2D eigenvalue weighted by atomic mass is 79.9. The first-order valence-electron chi connectivity index (χ1n) is 6.52. The van der Waals surface area contributed by atoms with Gasteiger partial charge in [-0.2, -0.15) is 0 Å². The summed E-state index contributed by atoms with van der Waals surface area (Å²) in [5, 5.41) is 9.52. The molecule has 2 nitrogen and oxygen atoms in total. The summed E-state index contributed by atoms with van der Waals surface area (Å²) in [5.41, 5.74) is 4.29. The van der Waals surface area contributed by atoms with Gasteiger partial charge >= 0.3 is 5.97 Å². The molecule has 2 aromatic rings.